The maximum Gasteiger partial charge on any atom is 0.172 e. The van der Waals surface area contributed by atoms with Crippen LogP contribution in [0.3, 0.4) is 0 Å². The van der Waals surface area contributed by atoms with E-state index < -0.39 is 0 Å². The molecule has 0 aromatic heterocycles. The molecule has 0 aliphatic carbocycles. The van der Waals surface area contributed by atoms with E-state index in [0.717, 1.165) is 23.4 Å². The van der Waals surface area contributed by atoms with Crippen molar-refractivity contribution in [1.82, 2.24) is 0 Å². The number of benzene rings is 1. The lowest BCUT2D eigenvalue weighted by Gasteiger charge is -2.44. The van der Waals surface area contributed by atoms with Gasteiger partial charge < -0.3 is 20.6 Å². The van der Waals surface area contributed by atoms with Crippen LogP contribution in [0.4, 0.5) is 5.69 Å². The lowest BCUT2D eigenvalue weighted by atomic mass is 9.98. The van der Waals surface area contributed by atoms with E-state index in [1.54, 1.807) is 0 Å². The zero-order chi connectivity index (χ0) is 14.0. The van der Waals surface area contributed by atoms with Crippen molar-refractivity contribution < 1.29 is 9.94 Å². The van der Waals surface area contributed by atoms with E-state index in [1.165, 1.54) is 0 Å². The second-order valence-electron chi connectivity index (χ2n) is 5.52. The summed E-state index contributed by atoms with van der Waals surface area (Å²) in [6, 6.07) is 5.93. The summed E-state index contributed by atoms with van der Waals surface area (Å²) in [5.74, 6) is 0.136. The van der Waals surface area contributed by atoms with Crippen molar-refractivity contribution in [2.24, 2.45) is 10.9 Å². The van der Waals surface area contributed by atoms with Gasteiger partial charge in [-0.3, -0.25) is 0 Å². The van der Waals surface area contributed by atoms with Crippen molar-refractivity contribution in [3.63, 3.8) is 0 Å². The van der Waals surface area contributed by atoms with Gasteiger partial charge in [0, 0.05) is 17.8 Å². The van der Waals surface area contributed by atoms with E-state index in [2.05, 4.69) is 30.0 Å². The summed E-state index contributed by atoms with van der Waals surface area (Å²) >= 11 is 0. The van der Waals surface area contributed by atoms with Crippen molar-refractivity contribution >= 4 is 11.5 Å². The average molecular weight is 263 g/mol. The molecule has 0 radical (unpaired) electrons. The zero-order valence-electron chi connectivity index (χ0n) is 11.7. The number of oxime groups is 1. The highest BCUT2D eigenvalue weighted by molar-refractivity contribution is 6.02. The third kappa shape index (κ3) is 2.66. The average Bonchev–Trinajstić information content (AvgIpc) is 2.37. The molecule has 0 spiro atoms. The first-order valence-electron chi connectivity index (χ1n) is 6.39. The van der Waals surface area contributed by atoms with Crippen LogP contribution < -0.4 is 10.6 Å². The molecule has 1 aromatic rings. The minimum atomic E-state index is -0.115. The van der Waals surface area contributed by atoms with Gasteiger partial charge in [0.25, 0.3) is 0 Å². The van der Waals surface area contributed by atoms with Crippen LogP contribution in [0.2, 0.25) is 0 Å². The number of ether oxygens (including phenoxy) is 1. The fraction of sp³-hybridized carbons (Fsp3) is 0.500. The van der Waals surface area contributed by atoms with Gasteiger partial charge in [-0.2, -0.15) is 0 Å². The Labute approximate surface area is 113 Å². The highest BCUT2D eigenvalue weighted by Crippen LogP contribution is 2.30. The fourth-order valence-electron chi connectivity index (χ4n) is 2.44. The zero-order valence-corrected chi connectivity index (χ0v) is 11.7. The van der Waals surface area contributed by atoms with E-state index in [1.807, 2.05) is 19.1 Å². The Bertz CT molecular complexity index is 497. The van der Waals surface area contributed by atoms with Gasteiger partial charge in [-0.1, -0.05) is 11.2 Å². The minimum absolute atomic E-state index is 0.115. The number of aryl methyl sites for hydroxylation is 1. The summed E-state index contributed by atoms with van der Waals surface area (Å²) < 4.78 is 5.54. The van der Waals surface area contributed by atoms with Crippen molar-refractivity contribution in [1.29, 1.82) is 0 Å². The number of morpholine rings is 1. The largest absolute Gasteiger partial charge is 0.409 e. The van der Waals surface area contributed by atoms with Gasteiger partial charge in [0.1, 0.15) is 0 Å². The van der Waals surface area contributed by atoms with Crippen LogP contribution in [0.25, 0.3) is 0 Å². The van der Waals surface area contributed by atoms with Crippen LogP contribution in [0.5, 0.6) is 0 Å². The molecular weight excluding hydrogens is 242 g/mol. The second-order valence-corrected chi connectivity index (χ2v) is 5.52. The normalized spacial score (nSPS) is 19.5. The number of nitrogens with zero attached hydrogens (tertiary/aromatic N) is 2. The van der Waals surface area contributed by atoms with Crippen LogP contribution in [0.1, 0.15) is 25.0 Å². The van der Waals surface area contributed by atoms with Gasteiger partial charge in [-0.25, -0.2) is 0 Å². The Balaban J connectivity index is 2.50. The van der Waals surface area contributed by atoms with Crippen molar-refractivity contribution in [3.8, 4) is 0 Å². The third-order valence-corrected chi connectivity index (χ3v) is 3.47. The Morgan fingerprint density at radius 2 is 2.21 bits per heavy atom. The predicted octanol–water partition coefficient (Wildman–Crippen LogP) is 1.70. The molecule has 0 saturated carbocycles. The summed E-state index contributed by atoms with van der Waals surface area (Å²) in [6.45, 7) is 8.44. The van der Waals surface area contributed by atoms with Gasteiger partial charge in [-0.05, 0) is 38.5 Å². The molecule has 3 N–H and O–H groups in total. The smallest absolute Gasteiger partial charge is 0.172 e. The highest BCUT2D eigenvalue weighted by atomic mass is 16.5. The number of hydrogen-bond donors (Lipinski definition) is 2. The lowest BCUT2D eigenvalue weighted by Crippen LogP contribution is -2.53. The molecule has 5 heteroatoms. The first-order valence-corrected chi connectivity index (χ1v) is 6.39. The molecule has 1 saturated heterocycles. The number of amidine groups is 1. The predicted molar refractivity (Wildman–Crippen MR) is 75.9 cm³/mol. The maximum absolute atomic E-state index is 8.93. The van der Waals surface area contributed by atoms with E-state index >= 15 is 0 Å². The SMILES string of the molecule is Cc1ccc(C(N)=NO)c(N2CCOCC2(C)C)c1. The van der Waals surface area contributed by atoms with Crippen molar-refractivity contribution in [2.45, 2.75) is 26.3 Å². The summed E-state index contributed by atoms with van der Waals surface area (Å²) in [6.07, 6.45) is 0. The molecule has 1 aliphatic rings. The van der Waals surface area contributed by atoms with E-state index in [-0.39, 0.29) is 11.4 Å². The molecule has 19 heavy (non-hydrogen) atoms. The maximum atomic E-state index is 8.93. The first-order chi connectivity index (χ1) is 8.95. The topological polar surface area (TPSA) is 71.1 Å². The van der Waals surface area contributed by atoms with Crippen LogP contribution in [0.15, 0.2) is 23.4 Å². The quantitative estimate of drug-likeness (QED) is 0.369. The fourth-order valence-corrected chi connectivity index (χ4v) is 2.44. The summed E-state index contributed by atoms with van der Waals surface area (Å²) in [7, 11) is 0. The summed E-state index contributed by atoms with van der Waals surface area (Å²) in [5.41, 5.74) is 8.56. The van der Waals surface area contributed by atoms with E-state index in [9.17, 15) is 0 Å². The first kappa shape index (κ1) is 13.7. The molecule has 0 bridgehead atoms. The number of rotatable bonds is 2. The molecule has 1 heterocycles. The van der Waals surface area contributed by atoms with Crippen LogP contribution in [-0.2, 0) is 4.74 Å². The molecule has 0 unspecified atom stereocenters. The number of anilines is 1. The van der Waals surface area contributed by atoms with Gasteiger partial charge in [0.2, 0.25) is 0 Å². The Kier molecular flexibility index (Phi) is 3.66. The van der Waals surface area contributed by atoms with Gasteiger partial charge >= 0.3 is 0 Å². The molecule has 0 atom stereocenters. The molecule has 104 valence electrons. The molecule has 1 fully saturated rings. The van der Waals surface area contributed by atoms with Crippen molar-refractivity contribution in [2.75, 3.05) is 24.7 Å². The minimum Gasteiger partial charge on any atom is -0.409 e. The summed E-state index contributed by atoms with van der Waals surface area (Å²) in [4.78, 5) is 2.26. The highest BCUT2D eigenvalue weighted by Gasteiger charge is 2.32. The van der Waals surface area contributed by atoms with Crippen molar-refractivity contribution in [3.05, 3.63) is 29.3 Å². The third-order valence-electron chi connectivity index (χ3n) is 3.47. The van der Waals surface area contributed by atoms with Gasteiger partial charge in [0.15, 0.2) is 5.84 Å². The number of hydrogen-bond acceptors (Lipinski definition) is 4. The van der Waals surface area contributed by atoms with E-state index in [0.29, 0.717) is 13.2 Å². The van der Waals surface area contributed by atoms with Gasteiger partial charge in [0.05, 0.1) is 18.8 Å². The molecule has 5 nitrogen and oxygen atoms in total. The molecule has 2 rings (SSSR count). The monoisotopic (exact) mass is 263 g/mol. The molecule has 1 aliphatic heterocycles. The number of nitrogens with two attached hydrogens (primary N) is 1. The Morgan fingerprint density at radius 1 is 1.47 bits per heavy atom. The lowest BCUT2D eigenvalue weighted by molar-refractivity contribution is 0.0644. The Morgan fingerprint density at radius 3 is 2.84 bits per heavy atom. The van der Waals surface area contributed by atoms with Crippen LogP contribution in [-0.4, -0.2) is 36.3 Å². The molecule has 1 aromatic carbocycles. The second kappa shape index (κ2) is 5.09. The van der Waals surface area contributed by atoms with E-state index in [4.69, 9.17) is 15.7 Å². The van der Waals surface area contributed by atoms with Gasteiger partial charge in [-0.15, -0.1) is 0 Å². The molecule has 0 amide bonds. The van der Waals surface area contributed by atoms with Crippen LogP contribution >= 0.6 is 0 Å². The standard InChI is InChI=1S/C14H21N3O2/c1-10-4-5-11(13(15)16-18)12(8-10)17-6-7-19-9-14(17,2)3/h4-5,8,18H,6-7,9H2,1-3H3,(H2,15,16). The Hall–Kier alpha value is -1.75. The van der Waals surface area contributed by atoms with Crippen LogP contribution in [0, 0.1) is 6.92 Å². The summed E-state index contributed by atoms with van der Waals surface area (Å²) in [5, 5.41) is 12.1. The molecular formula is C14H21N3O2.